The molecule has 1 amide bonds. The van der Waals surface area contributed by atoms with E-state index in [1.54, 1.807) is 17.4 Å². The van der Waals surface area contributed by atoms with Crippen molar-refractivity contribution < 1.29 is 9.32 Å². The summed E-state index contributed by atoms with van der Waals surface area (Å²) in [4.78, 5) is 19.0. The minimum atomic E-state index is -0.289. The molecule has 3 aromatic heterocycles. The molecule has 0 bridgehead atoms. The van der Waals surface area contributed by atoms with Crippen LogP contribution >= 0.6 is 34.3 Å². The first kappa shape index (κ1) is 17.9. The molecule has 5 nitrogen and oxygen atoms in total. The second kappa shape index (κ2) is 7.64. The van der Waals surface area contributed by atoms with Crippen molar-refractivity contribution in [3.8, 4) is 21.9 Å². The fourth-order valence-electron chi connectivity index (χ4n) is 2.57. The smallest absolute Gasteiger partial charge is 0.273 e. The van der Waals surface area contributed by atoms with Gasteiger partial charge in [0.15, 0.2) is 11.5 Å². The van der Waals surface area contributed by atoms with E-state index >= 15 is 0 Å². The molecular formula is C19H14ClN3O2S2. The minimum Gasteiger partial charge on any atom is -0.355 e. The zero-order valence-corrected chi connectivity index (χ0v) is 16.6. The molecule has 0 unspecified atom stereocenters. The first-order valence-corrected chi connectivity index (χ1v) is 10.2. The molecule has 0 atom stereocenters. The number of rotatable bonds is 5. The van der Waals surface area contributed by atoms with Gasteiger partial charge in [-0.25, -0.2) is 4.98 Å². The lowest BCUT2D eigenvalue weighted by Crippen LogP contribution is -2.22. The Morgan fingerprint density at radius 1 is 1.26 bits per heavy atom. The number of aryl methyl sites for hydroxylation is 1. The van der Waals surface area contributed by atoms with Gasteiger partial charge in [0.25, 0.3) is 5.91 Å². The number of benzene rings is 1. The van der Waals surface area contributed by atoms with Crippen molar-refractivity contribution in [3.63, 3.8) is 0 Å². The van der Waals surface area contributed by atoms with Gasteiger partial charge in [0.05, 0.1) is 17.1 Å². The Labute approximate surface area is 168 Å². The average molecular weight is 416 g/mol. The van der Waals surface area contributed by atoms with Crippen LogP contribution in [0.15, 0.2) is 52.4 Å². The second-order valence-electron chi connectivity index (χ2n) is 5.76. The molecular weight excluding hydrogens is 402 g/mol. The monoisotopic (exact) mass is 415 g/mol. The number of halogens is 1. The third kappa shape index (κ3) is 3.95. The molecule has 0 radical (unpaired) electrons. The summed E-state index contributed by atoms with van der Waals surface area (Å²) in [5.41, 5.74) is 2.16. The van der Waals surface area contributed by atoms with Crippen LogP contribution in [0.5, 0.6) is 0 Å². The Balaban J connectivity index is 1.44. The van der Waals surface area contributed by atoms with E-state index in [1.807, 2.05) is 48.7 Å². The van der Waals surface area contributed by atoms with Gasteiger partial charge in [-0.05, 0) is 30.5 Å². The molecule has 0 spiro atoms. The van der Waals surface area contributed by atoms with Crippen LogP contribution in [0.3, 0.4) is 0 Å². The number of hydrogen-bond acceptors (Lipinski definition) is 6. The molecule has 0 aliphatic rings. The maximum atomic E-state index is 12.3. The SMILES string of the molecule is Cc1sc(CNC(=O)c2cc(-c3cccs3)on2)nc1-c1ccc(Cl)cc1. The van der Waals surface area contributed by atoms with Crippen molar-refractivity contribution >= 4 is 40.2 Å². The van der Waals surface area contributed by atoms with Crippen LogP contribution in [0.2, 0.25) is 5.02 Å². The fourth-order valence-corrected chi connectivity index (χ4v) is 4.26. The van der Waals surface area contributed by atoms with E-state index in [2.05, 4.69) is 15.5 Å². The molecule has 4 aromatic rings. The van der Waals surface area contributed by atoms with Gasteiger partial charge in [-0.2, -0.15) is 0 Å². The van der Waals surface area contributed by atoms with Gasteiger partial charge in [-0.3, -0.25) is 4.79 Å². The van der Waals surface area contributed by atoms with Crippen LogP contribution in [0.25, 0.3) is 21.9 Å². The van der Waals surface area contributed by atoms with E-state index in [1.165, 1.54) is 11.3 Å². The van der Waals surface area contributed by atoms with E-state index in [4.69, 9.17) is 16.1 Å². The molecule has 0 aliphatic carbocycles. The molecule has 0 saturated heterocycles. The van der Waals surface area contributed by atoms with E-state index in [0.717, 1.165) is 26.0 Å². The quantitative estimate of drug-likeness (QED) is 0.472. The average Bonchev–Trinajstić information content (AvgIpc) is 3.41. The van der Waals surface area contributed by atoms with E-state index in [-0.39, 0.29) is 11.6 Å². The molecule has 27 heavy (non-hydrogen) atoms. The molecule has 3 heterocycles. The lowest BCUT2D eigenvalue weighted by Gasteiger charge is -1.99. The van der Waals surface area contributed by atoms with Crippen molar-refractivity contribution in [3.05, 3.63) is 68.4 Å². The number of amides is 1. The molecule has 136 valence electrons. The molecule has 1 N–H and O–H groups in total. The van der Waals surface area contributed by atoms with Gasteiger partial charge in [0.1, 0.15) is 5.01 Å². The van der Waals surface area contributed by atoms with Gasteiger partial charge < -0.3 is 9.84 Å². The maximum absolute atomic E-state index is 12.3. The van der Waals surface area contributed by atoms with E-state index < -0.39 is 0 Å². The van der Waals surface area contributed by atoms with Crippen LogP contribution in [-0.2, 0) is 6.54 Å². The summed E-state index contributed by atoms with van der Waals surface area (Å²) in [6, 6.07) is 13.0. The third-order valence-corrected chi connectivity index (χ3v) is 5.97. The zero-order valence-electron chi connectivity index (χ0n) is 14.2. The highest BCUT2D eigenvalue weighted by molar-refractivity contribution is 7.13. The van der Waals surface area contributed by atoms with Crippen molar-refractivity contribution in [1.29, 1.82) is 0 Å². The number of carbonyl (C=O) groups excluding carboxylic acids is 1. The topological polar surface area (TPSA) is 68.0 Å². The lowest BCUT2D eigenvalue weighted by atomic mass is 10.1. The van der Waals surface area contributed by atoms with Crippen molar-refractivity contribution in [2.24, 2.45) is 0 Å². The Hall–Kier alpha value is -2.48. The van der Waals surface area contributed by atoms with Gasteiger partial charge in [0.2, 0.25) is 0 Å². The van der Waals surface area contributed by atoms with E-state index in [0.29, 0.717) is 17.3 Å². The number of hydrogen-bond donors (Lipinski definition) is 1. The van der Waals surface area contributed by atoms with Crippen LogP contribution in [-0.4, -0.2) is 16.0 Å². The summed E-state index contributed by atoms with van der Waals surface area (Å²) >= 11 is 9.03. The van der Waals surface area contributed by atoms with Crippen LogP contribution in [0.4, 0.5) is 0 Å². The molecule has 4 rings (SSSR count). The highest BCUT2D eigenvalue weighted by atomic mass is 35.5. The minimum absolute atomic E-state index is 0.254. The number of carbonyl (C=O) groups is 1. The number of thiazole rings is 1. The van der Waals surface area contributed by atoms with E-state index in [9.17, 15) is 4.79 Å². The Bertz CT molecular complexity index is 1070. The fraction of sp³-hybridized carbons (Fsp3) is 0.105. The number of nitrogens with one attached hydrogen (secondary N) is 1. The lowest BCUT2D eigenvalue weighted by molar-refractivity contribution is 0.0942. The Morgan fingerprint density at radius 3 is 2.81 bits per heavy atom. The summed E-state index contributed by atoms with van der Waals surface area (Å²) in [5, 5.41) is 10.2. The molecule has 0 saturated carbocycles. The van der Waals surface area contributed by atoms with Gasteiger partial charge >= 0.3 is 0 Å². The number of aromatic nitrogens is 2. The second-order valence-corrected chi connectivity index (χ2v) is 8.43. The standard InChI is InChI=1S/C19H14ClN3O2S2/c1-11-18(12-4-6-13(20)7-5-12)22-17(27-11)10-21-19(24)14-9-15(25-23-14)16-3-2-8-26-16/h2-9H,10H2,1H3,(H,21,24). The zero-order chi connectivity index (χ0) is 18.8. The van der Waals surface area contributed by atoms with Gasteiger partial charge in [0, 0.05) is 21.5 Å². The summed E-state index contributed by atoms with van der Waals surface area (Å²) < 4.78 is 5.25. The molecule has 1 aromatic carbocycles. The predicted octanol–water partition coefficient (Wildman–Crippen LogP) is 5.42. The Morgan fingerprint density at radius 2 is 2.07 bits per heavy atom. The summed E-state index contributed by atoms with van der Waals surface area (Å²) in [6.07, 6.45) is 0. The van der Waals surface area contributed by atoms with Gasteiger partial charge in [-0.15, -0.1) is 22.7 Å². The van der Waals surface area contributed by atoms with Crippen LogP contribution < -0.4 is 5.32 Å². The molecule has 0 fully saturated rings. The molecule has 8 heteroatoms. The van der Waals surface area contributed by atoms with Crippen LogP contribution in [0, 0.1) is 6.92 Å². The first-order chi connectivity index (χ1) is 13.1. The number of nitrogens with zero attached hydrogens (tertiary/aromatic N) is 2. The van der Waals surface area contributed by atoms with Gasteiger partial charge in [-0.1, -0.05) is 35.0 Å². The third-order valence-electron chi connectivity index (χ3n) is 3.87. The highest BCUT2D eigenvalue weighted by Gasteiger charge is 2.15. The van der Waals surface area contributed by atoms with Crippen molar-refractivity contribution in [2.75, 3.05) is 0 Å². The Kier molecular flexibility index (Phi) is 5.07. The highest BCUT2D eigenvalue weighted by Crippen LogP contribution is 2.28. The van der Waals surface area contributed by atoms with Crippen LogP contribution in [0.1, 0.15) is 20.4 Å². The number of thiophene rings is 1. The predicted molar refractivity (Wildman–Crippen MR) is 108 cm³/mol. The molecule has 0 aliphatic heterocycles. The summed E-state index contributed by atoms with van der Waals surface area (Å²) in [6.45, 7) is 2.34. The summed E-state index contributed by atoms with van der Waals surface area (Å²) in [7, 11) is 0. The van der Waals surface area contributed by atoms with Crippen molar-refractivity contribution in [1.82, 2.24) is 15.5 Å². The first-order valence-electron chi connectivity index (χ1n) is 8.11. The maximum Gasteiger partial charge on any atom is 0.273 e. The largest absolute Gasteiger partial charge is 0.355 e. The normalized spacial score (nSPS) is 10.9. The van der Waals surface area contributed by atoms with Crippen molar-refractivity contribution in [2.45, 2.75) is 13.5 Å². The summed E-state index contributed by atoms with van der Waals surface area (Å²) in [5.74, 6) is 0.299.